The number of hydrogen-bond acceptors (Lipinski definition) is 2. The number of aliphatic hydroxyl groups excluding tert-OH is 1. The van der Waals surface area contributed by atoms with Gasteiger partial charge < -0.3 is 36.8 Å². The van der Waals surface area contributed by atoms with Crippen LogP contribution in [-0.4, -0.2) is 27.0 Å². The van der Waals surface area contributed by atoms with E-state index in [0.717, 1.165) is 21.9 Å². The average molecular weight is 426 g/mol. The molecule has 6 heteroatoms. The average Bonchev–Trinajstić information content (AvgIpc) is 3.17. The molecule has 2 radical (unpaired) electrons. The van der Waals surface area contributed by atoms with Crippen LogP contribution >= 0.6 is 0 Å². The number of carbonyl (C=O) groups is 1. The Kier molecular flexibility index (Phi) is 9.04. The molecule has 4 rings (SSSR count). The van der Waals surface area contributed by atoms with Crippen molar-refractivity contribution in [2.24, 2.45) is 0 Å². The molecule has 0 atom stereocenters. The number of halogens is 2. The quantitative estimate of drug-likeness (QED) is 0.366. The molecular weight excluding hydrogens is 414 g/mol. The van der Waals surface area contributed by atoms with E-state index in [2.05, 4.69) is 25.1 Å². The predicted octanol–water partition coefficient (Wildman–Crippen LogP) is -4.12. The second kappa shape index (κ2) is 9.14. The molecule has 1 N–H and O–H groups in total. The first-order valence-corrected chi connectivity index (χ1v) is 7.18. The first kappa shape index (κ1) is 21.8. The third-order valence-electron chi connectivity index (χ3n) is 3.11. The van der Waals surface area contributed by atoms with Crippen molar-refractivity contribution in [3.63, 3.8) is 0 Å². The summed E-state index contributed by atoms with van der Waals surface area (Å²) >= 11 is 0. The Morgan fingerprint density at radius 2 is 1.82 bits per heavy atom. The van der Waals surface area contributed by atoms with Gasteiger partial charge in [-0.2, -0.15) is 6.42 Å². The molecule has 2 aliphatic carbocycles. The number of benzene rings is 1. The van der Waals surface area contributed by atoms with E-state index < -0.39 is 0 Å². The Morgan fingerprint density at radius 1 is 1.18 bits per heavy atom. The van der Waals surface area contributed by atoms with Crippen molar-refractivity contribution < 1.29 is 60.9 Å². The Hall–Kier alpha value is -0.250. The summed E-state index contributed by atoms with van der Waals surface area (Å²) in [7, 11) is 0.631. The van der Waals surface area contributed by atoms with Crippen LogP contribution in [0.1, 0.15) is 17.5 Å². The van der Waals surface area contributed by atoms with Gasteiger partial charge in [0.25, 0.3) is 0 Å². The van der Waals surface area contributed by atoms with Gasteiger partial charge in [0, 0.05) is 6.61 Å². The van der Waals surface area contributed by atoms with Gasteiger partial charge in [-0.05, 0) is 6.08 Å². The Morgan fingerprint density at radius 3 is 2.45 bits per heavy atom. The van der Waals surface area contributed by atoms with Crippen molar-refractivity contribution in [1.82, 2.24) is 0 Å². The summed E-state index contributed by atoms with van der Waals surface area (Å²) in [5.74, 6) is 0.209. The summed E-state index contributed by atoms with van der Waals surface area (Å²) in [6.07, 6.45) is 5.79. The van der Waals surface area contributed by atoms with E-state index in [-0.39, 0.29) is 63.4 Å². The molecule has 3 aliphatic rings. The molecular formula is C16H12Cl2O2SiZr. The van der Waals surface area contributed by atoms with Crippen molar-refractivity contribution in [1.29, 1.82) is 0 Å². The SMILES string of the molecule is O=C1C=C2C(=[C-]c3ccccc32)C2=C1[Si]2.[CH2-]CCO.[Cl-].[Cl-].[Zr+4]. The predicted molar refractivity (Wildman–Crippen MR) is 75.1 cm³/mol. The molecule has 1 aliphatic heterocycles. The minimum atomic E-state index is 0. The third-order valence-corrected chi connectivity index (χ3v) is 4.36. The monoisotopic (exact) mass is 424 g/mol. The van der Waals surface area contributed by atoms with E-state index in [1.165, 1.54) is 10.8 Å². The number of fused-ring (bicyclic) bond motifs is 4. The maximum Gasteiger partial charge on any atom is 4.00 e. The zero-order valence-corrected chi connectivity index (χ0v) is 16.6. The molecule has 22 heavy (non-hydrogen) atoms. The van der Waals surface area contributed by atoms with E-state index in [0.29, 0.717) is 15.9 Å². The van der Waals surface area contributed by atoms with E-state index >= 15 is 0 Å². The number of allylic oxidation sites excluding steroid dienone is 5. The molecule has 0 saturated heterocycles. The van der Waals surface area contributed by atoms with Crippen molar-refractivity contribution in [3.05, 3.63) is 70.4 Å². The van der Waals surface area contributed by atoms with E-state index in [9.17, 15) is 4.79 Å². The molecule has 1 aromatic rings. The van der Waals surface area contributed by atoms with Crippen LogP contribution in [0.4, 0.5) is 0 Å². The third kappa shape index (κ3) is 3.98. The second-order valence-corrected chi connectivity index (χ2v) is 5.67. The molecule has 2 nitrogen and oxygen atoms in total. The molecule has 110 valence electrons. The molecule has 1 heterocycles. The fourth-order valence-corrected chi connectivity index (χ4v) is 3.13. The molecule has 0 spiro atoms. The number of ketones is 1. The van der Waals surface area contributed by atoms with Gasteiger partial charge in [0.15, 0.2) is 5.78 Å². The summed E-state index contributed by atoms with van der Waals surface area (Å²) < 4.78 is 0. The first-order valence-electron chi connectivity index (χ1n) is 6.18. The molecule has 0 bridgehead atoms. The zero-order valence-electron chi connectivity index (χ0n) is 11.6. The Balaban J connectivity index is 0.000000575. The van der Waals surface area contributed by atoms with E-state index in [1.54, 1.807) is 6.08 Å². The fourth-order valence-electron chi connectivity index (χ4n) is 2.18. The maximum absolute atomic E-state index is 11.6. The summed E-state index contributed by atoms with van der Waals surface area (Å²) in [6.45, 7) is 3.56. The van der Waals surface area contributed by atoms with Gasteiger partial charge in [-0.25, -0.2) is 0 Å². The van der Waals surface area contributed by atoms with E-state index in [1.807, 2.05) is 12.1 Å². The van der Waals surface area contributed by atoms with Crippen molar-refractivity contribution in [2.45, 2.75) is 6.42 Å². The Bertz CT molecular complexity index is 664. The summed E-state index contributed by atoms with van der Waals surface area (Å²) in [6, 6.07) is 8.13. The molecule has 0 fully saturated rings. The van der Waals surface area contributed by atoms with Gasteiger partial charge in [-0.3, -0.25) is 4.79 Å². The van der Waals surface area contributed by atoms with Crippen LogP contribution in [0.15, 0.2) is 46.3 Å². The summed E-state index contributed by atoms with van der Waals surface area (Å²) in [5, 5.41) is 10.1. The van der Waals surface area contributed by atoms with Crippen LogP contribution in [0, 0.1) is 13.0 Å². The van der Waals surface area contributed by atoms with E-state index in [4.69, 9.17) is 5.11 Å². The first-order chi connectivity index (χ1) is 9.26. The Labute approximate surface area is 164 Å². The van der Waals surface area contributed by atoms with Crippen molar-refractivity contribution in [2.75, 3.05) is 6.61 Å². The second-order valence-electron chi connectivity index (χ2n) is 4.42. The summed E-state index contributed by atoms with van der Waals surface area (Å²) in [4.78, 5) is 11.6. The van der Waals surface area contributed by atoms with Gasteiger partial charge in [-0.1, -0.05) is 23.4 Å². The van der Waals surface area contributed by atoms with Gasteiger partial charge in [-0.15, -0.1) is 39.6 Å². The van der Waals surface area contributed by atoms with Gasteiger partial charge in [0.2, 0.25) is 0 Å². The minimum absolute atomic E-state index is 0. The number of carbonyl (C=O) groups excluding carboxylic acids is 1. The zero-order chi connectivity index (χ0) is 13.4. The molecule has 0 aromatic heterocycles. The number of aliphatic hydroxyl groups is 1. The van der Waals surface area contributed by atoms with Crippen LogP contribution in [0.3, 0.4) is 0 Å². The number of rotatable bonds is 1. The molecule has 1 aromatic carbocycles. The minimum Gasteiger partial charge on any atom is -1.00 e. The van der Waals surface area contributed by atoms with Gasteiger partial charge >= 0.3 is 26.2 Å². The van der Waals surface area contributed by atoms with Crippen LogP contribution in [0.2, 0.25) is 0 Å². The molecule has 0 saturated carbocycles. The van der Waals surface area contributed by atoms with Crippen LogP contribution < -0.4 is 24.8 Å². The fraction of sp³-hybridized carbons (Fsp3) is 0.125. The summed E-state index contributed by atoms with van der Waals surface area (Å²) in [5.41, 5.74) is 4.53. The van der Waals surface area contributed by atoms with Crippen molar-refractivity contribution >= 4 is 20.9 Å². The number of hydrogen-bond donors (Lipinski definition) is 1. The van der Waals surface area contributed by atoms with Crippen LogP contribution in [0.25, 0.3) is 5.57 Å². The maximum atomic E-state index is 11.6. The smallest absolute Gasteiger partial charge is 1.00 e. The molecule has 0 amide bonds. The van der Waals surface area contributed by atoms with Crippen LogP contribution in [0.5, 0.6) is 0 Å². The topological polar surface area (TPSA) is 37.3 Å². The van der Waals surface area contributed by atoms with Crippen LogP contribution in [-0.2, 0) is 31.0 Å². The van der Waals surface area contributed by atoms with Crippen molar-refractivity contribution in [3.8, 4) is 0 Å². The standard InChI is InChI=1S/C13H5OSi.C3H7O.2ClH.Zr/c14-11-6-9-8-4-2-1-3-7(8)5-10(9)12-13(11)15-12;1-2-3-4;;;/h1-4,6H;4H,1-3H2;2*1H;/q2*-1;;;+4/p-2. The largest absolute Gasteiger partial charge is 4.00 e. The molecule has 0 unspecified atom stereocenters. The van der Waals surface area contributed by atoms with Gasteiger partial charge in [0.1, 0.15) is 0 Å². The normalized spacial score (nSPS) is 15.3. The van der Waals surface area contributed by atoms with Gasteiger partial charge in [0.05, 0.1) is 9.52 Å².